The first-order valence-corrected chi connectivity index (χ1v) is 7.43. The number of hydrogen-bond donors (Lipinski definition) is 0. The van der Waals surface area contributed by atoms with Gasteiger partial charge in [0.2, 0.25) is 0 Å². The number of hydrogen-bond acceptors (Lipinski definition) is 5. The van der Waals surface area contributed by atoms with E-state index in [2.05, 4.69) is 10.1 Å². The van der Waals surface area contributed by atoms with E-state index in [1.807, 2.05) is 45.0 Å². The highest BCUT2D eigenvalue weighted by Crippen LogP contribution is 2.21. The molecule has 0 atom stereocenters. The number of benzene rings is 1. The molecule has 0 fully saturated rings. The highest BCUT2D eigenvalue weighted by molar-refractivity contribution is 7.09. The van der Waals surface area contributed by atoms with Gasteiger partial charge < -0.3 is 4.52 Å². The third-order valence-corrected chi connectivity index (χ3v) is 4.51. The predicted octanol–water partition coefficient (Wildman–Crippen LogP) is 2.93. The zero-order valence-corrected chi connectivity index (χ0v) is 12.9. The molecule has 0 spiro atoms. The van der Waals surface area contributed by atoms with Gasteiger partial charge in [-0.1, -0.05) is 34.7 Å². The van der Waals surface area contributed by atoms with Crippen LogP contribution < -0.4 is 4.87 Å². The van der Waals surface area contributed by atoms with Crippen LogP contribution in [-0.2, 0) is 6.54 Å². The fraction of sp³-hybridized carbons (Fsp3) is 0.267. The van der Waals surface area contributed by atoms with Gasteiger partial charge in [-0.05, 0) is 32.4 Å². The average Bonchev–Trinajstić information content (AvgIpc) is 3.01. The lowest BCUT2D eigenvalue weighted by atomic mass is 10.1. The molecule has 1 aromatic carbocycles. The third-order valence-electron chi connectivity index (χ3n) is 3.52. The molecule has 0 aliphatic carbocycles. The Hall–Kier alpha value is -2.21. The summed E-state index contributed by atoms with van der Waals surface area (Å²) in [7, 11) is 0. The van der Waals surface area contributed by atoms with Gasteiger partial charge in [0.05, 0.1) is 6.54 Å². The Kier molecular flexibility index (Phi) is 3.47. The number of rotatable bonds is 3. The fourth-order valence-corrected chi connectivity index (χ4v) is 2.98. The molecule has 0 saturated carbocycles. The summed E-state index contributed by atoms with van der Waals surface area (Å²) in [5, 5.41) is 3.98. The van der Waals surface area contributed by atoms with Crippen molar-refractivity contribution >= 4 is 11.3 Å². The van der Waals surface area contributed by atoms with E-state index in [0.717, 1.165) is 21.7 Å². The normalized spacial score (nSPS) is 11.0. The van der Waals surface area contributed by atoms with Gasteiger partial charge in [-0.2, -0.15) is 4.98 Å². The lowest BCUT2D eigenvalue weighted by Crippen LogP contribution is -2.16. The molecule has 0 amide bonds. The molecule has 0 unspecified atom stereocenters. The largest absolute Gasteiger partial charge is 0.334 e. The molecule has 0 bridgehead atoms. The lowest BCUT2D eigenvalue weighted by molar-refractivity contribution is 0.420. The van der Waals surface area contributed by atoms with Crippen LogP contribution in [0.25, 0.3) is 11.5 Å². The summed E-state index contributed by atoms with van der Waals surface area (Å²) in [6, 6.07) is 7.84. The van der Waals surface area contributed by atoms with E-state index in [1.165, 1.54) is 11.3 Å². The molecule has 0 radical (unpaired) electrons. The van der Waals surface area contributed by atoms with E-state index < -0.39 is 0 Å². The molecular formula is C15H15N3O2S. The van der Waals surface area contributed by atoms with Crippen LogP contribution in [0.2, 0.25) is 0 Å². The van der Waals surface area contributed by atoms with E-state index in [1.54, 1.807) is 4.57 Å². The van der Waals surface area contributed by atoms with Crippen molar-refractivity contribution in [3.63, 3.8) is 0 Å². The number of aryl methyl sites for hydroxylation is 2. The minimum atomic E-state index is 0.00671. The van der Waals surface area contributed by atoms with Crippen molar-refractivity contribution in [2.75, 3.05) is 0 Å². The molecule has 0 N–H and O–H groups in total. The highest BCUT2D eigenvalue weighted by atomic mass is 32.1. The molecule has 0 aliphatic rings. The summed E-state index contributed by atoms with van der Waals surface area (Å²) >= 11 is 1.24. The minimum Gasteiger partial charge on any atom is -0.334 e. The Labute approximate surface area is 125 Å². The standard InChI is InChI=1S/C15H15N3O2S/c1-9-6-4-5-7-12(9)14-16-13(17-20-14)8-18-10(2)11(3)21-15(18)19/h4-7H,8H2,1-3H3. The SMILES string of the molecule is Cc1ccccc1-c1nc(Cn2c(C)c(C)sc2=O)no1. The minimum absolute atomic E-state index is 0.00671. The summed E-state index contributed by atoms with van der Waals surface area (Å²) in [6.07, 6.45) is 0. The Morgan fingerprint density at radius 2 is 2.00 bits per heavy atom. The summed E-state index contributed by atoms with van der Waals surface area (Å²) < 4.78 is 6.99. The van der Waals surface area contributed by atoms with E-state index in [4.69, 9.17) is 4.52 Å². The van der Waals surface area contributed by atoms with Gasteiger partial charge in [0.25, 0.3) is 5.89 Å². The van der Waals surface area contributed by atoms with Crippen molar-refractivity contribution in [2.45, 2.75) is 27.3 Å². The highest BCUT2D eigenvalue weighted by Gasteiger charge is 2.14. The van der Waals surface area contributed by atoms with Gasteiger partial charge >= 0.3 is 4.87 Å². The van der Waals surface area contributed by atoms with Gasteiger partial charge in [-0.3, -0.25) is 9.36 Å². The molecule has 3 aromatic rings. The molecule has 5 nitrogen and oxygen atoms in total. The number of nitrogens with zero attached hydrogens (tertiary/aromatic N) is 3. The molecule has 3 rings (SSSR count). The van der Waals surface area contributed by atoms with Gasteiger partial charge in [-0.15, -0.1) is 0 Å². The maximum atomic E-state index is 11.9. The molecule has 108 valence electrons. The second kappa shape index (κ2) is 5.29. The van der Waals surface area contributed by atoms with Crippen LogP contribution in [0, 0.1) is 20.8 Å². The van der Waals surface area contributed by atoms with Crippen molar-refractivity contribution in [3.8, 4) is 11.5 Å². The van der Waals surface area contributed by atoms with Gasteiger partial charge in [0.15, 0.2) is 5.82 Å². The topological polar surface area (TPSA) is 60.9 Å². The summed E-state index contributed by atoms with van der Waals surface area (Å²) in [5.41, 5.74) is 2.95. The third kappa shape index (κ3) is 2.54. The maximum Gasteiger partial charge on any atom is 0.307 e. The fourth-order valence-electron chi connectivity index (χ4n) is 2.15. The van der Waals surface area contributed by atoms with Crippen LogP contribution in [0.15, 0.2) is 33.6 Å². The van der Waals surface area contributed by atoms with E-state index in [0.29, 0.717) is 18.3 Å². The average molecular weight is 301 g/mol. The van der Waals surface area contributed by atoms with E-state index in [9.17, 15) is 4.79 Å². The molecule has 2 aromatic heterocycles. The summed E-state index contributed by atoms with van der Waals surface area (Å²) in [5.74, 6) is 0.997. The second-order valence-corrected chi connectivity index (χ2v) is 6.09. The Bertz CT molecular complexity index is 845. The number of aromatic nitrogens is 3. The van der Waals surface area contributed by atoms with Crippen molar-refractivity contribution in [3.05, 3.63) is 55.9 Å². The first-order chi connectivity index (χ1) is 10.1. The van der Waals surface area contributed by atoms with Gasteiger partial charge in [0, 0.05) is 16.1 Å². The first kappa shape index (κ1) is 13.8. The van der Waals surface area contributed by atoms with E-state index >= 15 is 0 Å². The van der Waals surface area contributed by atoms with Crippen LogP contribution in [0.5, 0.6) is 0 Å². The zero-order valence-electron chi connectivity index (χ0n) is 12.1. The maximum absolute atomic E-state index is 11.9. The van der Waals surface area contributed by atoms with Crippen LogP contribution in [-0.4, -0.2) is 14.7 Å². The van der Waals surface area contributed by atoms with Crippen LogP contribution in [0.4, 0.5) is 0 Å². The van der Waals surface area contributed by atoms with Crippen molar-refractivity contribution in [1.29, 1.82) is 0 Å². The van der Waals surface area contributed by atoms with Crippen molar-refractivity contribution < 1.29 is 4.52 Å². The molecule has 6 heteroatoms. The Balaban J connectivity index is 1.93. The van der Waals surface area contributed by atoms with Gasteiger partial charge in [-0.25, -0.2) is 0 Å². The van der Waals surface area contributed by atoms with Gasteiger partial charge in [0.1, 0.15) is 0 Å². The smallest absolute Gasteiger partial charge is 0.307 e. The summed E-state index contributed by atoms with van der Waals surface area (Å²) in [6.45, 7) is 6.20. The monoisotopic (exact) mass is 301 g/mol. The summed E-state index contributed by atoms with van der Waals surface area (Å²) in [4.78, 5) is 17.3. The zero-order chi connectivity index (χ0) is 15.0. The van der Waals surface area contributed by atoms with Crippen LogP contribution in [0.3, 0.4) is 0 Å². The molecular weight excluding hydrogens is 286 g/mol. The van der Waals surface area contributed by atoms with E-state index in [-0.39, 0.29) is 4.87 Å². The lowest BCUT2D eigenvalue weighted by Gasteiger charge is -2.00. The Morgan fingerprint density at radius 1 is 1.24 bits per heavy atom. The first-order valence-electron chi connectivity index (χ1n) is 6.61. The van der Waals surface area contributed by atoms with Crippen molar-refractivity contribution in [1.82, 2.24) is 14.7 Å². The Morgan fingerprint density at radius 3 is 2.67 bits per heavy atom. The van der Waals surface area contributed by atoms with Crippen LogP contribution >= 0.6 is 11.3 Å². The molecule has 0 aliphatic heterocycles. The molecule has 21 heavy (non-hydrogen) atoms. The molecule has 0 saturated heterocycles. The molecule has 2 heterocycles. The quantitative estimate of drug-likeness (QED) is 0.746. The van der Waals surface area contributed by atoms with Crippen molar-refractivity contribution in [2.24, 2.45) is 0 Å². The predicted molar refractivity (Wildman–Crippen MR) is 81.6 cm³/mol. The van der Waals surface area contributed by atoms with Crippen LogP contribution in [0.1, 0.15) is 22.0 Å². The second-order valence-electron chi connectivity index (χ2n) is 4.93. The number of thiazole rings is 1.